The second-order valence-electron chi connectivity index (χ2n) is 4.19. The zero-order valence-corrected chi connectivity index (χ0v) is 10.8. The number of aliphatic hydroxyl groups excluding tert-OH is 1. The van der Waals surface area contributed by atoms with Gasteiger partial charge in [0.25, 0.3) is 5.91 Å². The van der Waals surface area contributed by atoms with E-state index in [2.05, 4.69) is 15.9 Å². The molecular weight excluding hydrogens is 289 g/mol. The molecule has 1 atom stereocenters. The first-order chi connectivity index (χ1) is 8.13. The van der Waals surface area contributed by atoms with E-state index in [1.54, 1.807) is 17.0 Å². The lowest BCUT2D eigenvalue weighted by molar-refractivity contribution is 0.0776. The van der Waals surface area contributed by atoms with Crippen LogP contribution < -0.4 is 0 Å². The van der Waals surface area contributed by atoms with Crippen molar-refractivity contribution in [3.05, 3.63) is 34.1 Å². The van der Waals surface area contributed by atoms with Crippen LogP contribution in [0.15, 0.2) is 22.7 Å². The van der Waals surface area contributed by atoms with E-state index in [-0.39, 0.29) is 24.0 Å². The van der Waals surface area contributed by atoms with Crippen molar-refractivity contribution in [3.8, 4) is 0 Å². The zero-order valence-electron chi connectivity index (χ0n) is 9.20. The van der Waals surface area contributed by atoms with E-state index in [4.69, 9.17) is 5.11 Å². The first-order valence-corrected chi connectivity index (χ1v) is 6.27. The van der Waals surface area contributed by atoms with E-state index in [1.807, 2.05) is 0 Å². The molecule has 1 amide bonds. The van der Waals surface area contributed by atoms with Gasteiger partial charge in [-0.25, -0.2) is 4.39 Å². The molecule has 1 aliphatic rings. The lowest BCUT2D eigenvalue weighted by Crippen LogP contribution is -2.30. The summed E-state index contributed by atoms with van der Waals surface area (Å²) >= 11 is 3.19. The summed E-state index contributed by atoms with van der Waals surface area (Å²) in [4.78, 5) is 13.7. The predicted molar refractivity (Wildman–Crippen MR) is 65.2 cm³/mol. The molecule has 1 aliphatic heterocycles. The molecule has 0 spiro atoms. The highest BCUT2D eigenvalue weighted by Crippen LogP contribution is 2.24. The molecule has 5 heteroatoms. The molecular formula is C12H13BrFNO2. The van der Waals surface area contributed by atoms with Gasteiger partial charge in [0.05, 0.1) is 5.56 Å². The van der Waals surface area contributed by atoms with Crippen molar-refractivity contribution in [1.82, 2.24) is 4.90 Å². The number of benzene rings is 1. The third kappa shape index (κ3) is 2.50. The molecule has 92 valence electrons. The van der Waals surface area contributed by atoms with Crippen LogP contribution in [-0.4, -0.2) is 35.6 Å². The minimum absolute atomic E-state index is 0.0716. The summed E-state index contributed by atoms with van der Waals surface area (Å²) in [6, 6.07) is 4.48. The number of hydrogen-bond acceptors (Lipinski definition) is 2. The van der Waals surface area contributed by atoms with Crippen LogP contribution in [0.1, 0.15) is 16.8 Å². The minimum atomic E-state index is -0.517. The highest BCUT2D eigenvalue weighted by Gasteiger charge is 2.28. The monoisotopic (exact) mass is 301 g/mol. The average molecular weight is 302 g/mol. The van der Waals surface area contributed by atoms with E-state index >= 15 is 0 Å². The zero-order chi connectivity index (χ0) is 12.4. The Morgan fingerprint density at radius 2 is 2.35 bits per heavy atom. The number of rotatable bonds is 2. The first kappa shape index (κ1) is 12.5. The topological polar surface area (TPSA) is 40.5 Å². The Kier molecular flexibility index (Phi) is 3.79. The van der Waals surface area contributed by atoms with Crippen LogP contribution in [0, 0.1) is 11.7 Å². The third-order valence-corrected chi connectivity index (χ3v) is 3.67. The Balaban J connectivity index is 2.21. The number of carbonyl (C=O) groups excluding carboxylic acids is 1. The molecule has 0 aliphatic carbocycles. The molecule has 17 heavy (non-hydrogen) atoms. The number of carbonyl (C=O) groups is 1. The molecule has 0 bridgehead atoms. The average Bonchev–Trinajstić information content (AvgIpc) is 2.77. The lowest BCUT2D eigenvalue weighted by Gasteiger charge is -2.17. The fourth-order valence-corrected chi connectivity index (χ4v) is 2.54. The molecule has 1 unspecified atom stereocenters. The Morgan fingerprint density at radius 3 is 2.94 bits per heavy atom. The Hall–Kier alpha value is -0.940. The second kappa shape index (κ2) is 5.14. The van der Waals surface area contributed by atoms with E-state index < -0.39 is 5.82 Å². The van der Waals surface area contributed by atoms with Crippen LogP contribution in [0.4, 0.5) is 4.39 Å². The van der Waals surface area contributed by atoms with Gasteiger partial charge in [-0.05, 0) is 34.5 Å². The Labute approximate surface area is 107 Å². The predicted octanol–water partition coefficient (Wildman–Crippen LogP) is 2.04. The number of hydrogen-bond donors (Lipinski definition) is 1. The number of nitrogens with zero attached hydrogens (tertiary/aromatic N) is 1. The van der Waals surface area contributed by atoms with Crippen molar-refractivity contribution < 1.29 is 14.3 Å². The van der Waals surface area contributed by atoms with Crippen LogP contribution in [0.3, 0.4) is 0 Å². The molecule has 0 radical (unpaired) electrons. The van der Waals surface area contributed by atoms with E-state index in [1.165, 1.54) is 6.07 Å². The third-order valence-electron chi connectivity index (χ3n) is 3.01. The lowest BCUT2D eigenvalue weighted by atomic mass is 10.1. The summed E-state index contributed by atoms with van der Waals surface area (Å²) in [6.45, 7) is 1.14. The van der Waals surface area contributed by atoms with Crippen molar-refractivity contribution >= 4 is 21.8 Å². The van der Waals surface area contributed by atoms with Crippen LogP contribution in [0.2, 0.25) is 0 Å². The van der Waals surface area contributed by atoms with Crippen molar-refractivity contribution in [3.63, 3.8) is 0 Å². The largest absolute Gasteiger partial charge is 0.396 e. The number of amides is 1. The summed E-state index contributed by atoms with van der Waals surface area (Å²) in [6.07, 6.45) is 0.772. The number of aliphatic hydroxyl groups is 1. The summed E-state index contributed by atoms with van der Waals surface area (Å²) in [5.74, 6) is -0.716. The molecule has 1 N–H and O–H groups in total. The first-order valence-electron chi connectivity index (χ1n) is 5.47. The van der Waals surface area contributed by atoms with Crippen LogP contribution in [-0.2, 0) is 0 Å². The van der Waals surface area contributed by atoms with E-state index in [0.717, 1.165) is 6.42 Å². The van der Waals surface area contributed by atoms with Gasteiger partial charge in [0.1, 0.15) is 5.82 Å². The quantitative estimate of drug-likeness (QED) is 0.908. The van der Waals surface area contributed by atoms with Gasteiger partial charge in [0, 0.05) is 30.1 Å². The number of halogens is 2. The van der Waals surface area contributed by atoms with Gasteiger partial charge in [-0.15, -0.1) is 0 Å². The van der Waals surface area contributed by atoms with Gasteiger partial charge in [0.15, 0.2) is 0 Å². The molecule has 1 aromatic rings. The molecule has 1 fully saturated rings. The van der Waals surface area contributed by atoms with Gasteiger partial charge in [-0.3, -0.25) is 4.79 Å². The van der Waals surface area contributed by atoms with Crippen LogP contribution >= 0.6 is 15.9 Å². The summed E-state index contributed by atoms with van der Waals surface area (Å²) < 4.78 is 14.1. The maximum absolute atomic E-state index is 13.6. The number of likely N-dealkylation sites (tertiary alicyclic amines) is 1. The smallest absolute Gasteiger partial charge is 0.257 e. The minimum Gasteiger partial charge on any atom is -0.396 e. The van der Waals surface area contributed by atoms with E-state index in [0.29, 0.717) is 17.6 Å². The molecule has 0 aromatic heterocycles. The van der Waals surface area contributed by atoms with Gasteiger partial charge in [-0.2, -0.15) is 0 Å². The molecule has 1 heterocycles. The van der Waals surface area contributed by atoms with Crippen molar-refractivity contribution in [2.24, 2.45) is 5.92 Å². The molecule has 3 nitrogen and oxygen atoms in total. The molecule has 0 saturated carbocycles. The van der Waals surface area contributed by atoms with E-state index in [9.17, 15) is 9.18 Å². The normalized spacial score (nSPS) is 19.7. The maximum Gasteiger partial charge on any atom is 0.257 e. The van der Waals surface area contributed by atoms with Crippen molar-refractivity contribution in [1.29, 1.82) is 0 Å². The summed E-state index contributed by atoms with van der Waals surface area (Å²) in [7, 11) is 0. The van der Waals surface area contributed by atoms with Gasteiger partial charge in [0.2, 0.25) is 0 Å². The Morgan fingerprint density at radius 1 is 1.59 bits per heavy atom. The van der Waals surface area contributed by atoms with Gasteiger partial charge >= 0.3 is 0 Å². The molecule has 1 aromatic carbocycles. The SMILES string of the molecule is O=C(c1c(F)cccc1Br)N1CCC(CO)C1. The van der Waals surface area contributed by atoms with Gasteiger partial charge in [-0.1, -0.05) is 6.07 Å². The molecule has 2 rings (SSSR count). The Bertz CT molecular complexity index is 418. The highest BCUT2D eigenvalue weighted by atomic mass is 79.9. The van der Waals surface area contributed by atoms with Crippen molar-refractivity contribution in [2.45, 2.75) is 6.42 Å². The fourth-order valence-electron chi connectivity index (χ4n) is 2.03. The summed E-state index contributed by atoms with van der Waals surface area (Å²) in [5.41, 5.74) is 0.0751. The maximum atomic E-state index is 13.6. The van der Waals surface area contributed by atoms with Gasteiger partial charge < -0.3 is 10.0 Å². The second-order valence-corrected chi connectivity index (χ2v) is 5.04. The molecule has 1 saturated heterocycles. The highest BCUT2D eigenvalue weighted by molar-refractivity contribution is 9.10. The fraction of sp³-hybridized carbons (Fsp3) is 0.417. The van der Waals surface area contributed by atoms with Crippen molar-refractivity contribution in [2.75, 3.05) is 19.7 Å². The summed E-state index contributed by atoms with van der Waals surface area (Å²) in [5, 5.41) is 9.02. The standard InChI is InChI=1S/C12H13BrFNO2/c13-9-2-1-3-10(14)11(9)12(17)15-5-4-8(6-15)7-16/h1-3,8,16H,4-7H2. The van der Waals surface area contributed by atoms with Crippen LogP contribution in [0.5, 0.6) is 0 Å². The van der Waals surface area contributed by atoms with Crippen LogP contribution in [0.25, 0.3) is 0 Å².